The van der Waals surface area contributed by atoms with Gasteiger partial charge in [-0.1, -0.05) is 30.3 Å². The average molecular weight is 257 g/mol. The van der Waals surface area contributed by atoms with Crippen LogP contribution >= 0.6 is 0 Å². The minimum atomic E-state index is -0.552. The summed E-state index contributed by atoms with van der Waals surface area (Å²) in [6, 6.07) is 11.1. The van der Waals surface area contributed by atoms with Gasteiger partial charge in [-0.05, 0) is 12.5 Å². The highest BCUT2D eigenvalue weighted by Gasteiger charge is 2.17. The van der Waals surface area contributed by atoms with Crippen molar-refractivity contribution in [3.8, 4) is 6.07 Å². The van der Waals surface area contributed by atoms with Crippen LogP contribution in [-0.4, -0.2) is 16.7 Å². The maximum Gasteiger partial charge on any atom is 0.256 e. The predicted octanol–water partition coefficient (Wildman–Crippen LogP) is 2.07. The summed E-state index contributed by atoms with van der Waals surface area (Å²) in [5, 5.41) is 28.2. The van der Waals surface area contributed by atoms with E-state index in [0.717, 1.165) is 5.56 Å². The fraction of sp³-hybridized carbons (Fsp3) is 0.214. The number of hydrogen-bond donors (Lipinski definition) is 3. The highest BCUT2D eigenvalue weighted by molar-refractivity contribution is 6.21. The SMILES string of the molecule is C/C(O)=C(\C(=N)CC#N)C(=O)NCc1ccccc1. The number of hydrogen-bond acceptors (Lipinski definition) is 4. The molecule has 1 rings (SSSR count). The number of nitriles is 1. The second-order valence-corrected chi connectivity index (χ2v) is 3.94. The molecular weight excluding hydrogens is 242 g/mol. The zero-order valence-corrected chi connectivity index (χ0v) is 10.6. The second-order valence-electron chi connectivity index (χ2n) is 3.94. The summed E-state index contributed by atoms with van der Waals surface area (Å²) in [6.45, 7) is 1.62. The lowest BCUT2D eigenvalue weighted by Gasteiger charge is -2.09. The molecule has 0 radical (unpaired) electrons. The molecule has 1 aromatic rings. The summed E-state index contributed by atoms with van der Waals surface area (Å²) >= 11 is 0. The number of carbonyl (C=O) groups is 1. The Morgan fingerprint density at radius 2 is 2.05 bits per heavy atom. The van der Waals surface area contributed by atoms with Crippen LogP contribution in [0.1, 0.15) is 18.9 Å². The van der Waals surface area contributed by atoms with Crippen LogP contribution in [0, 0.1) is 16.7 Å². The maximum atomic E-state index is 11.9. The van der Waals surface area contributed by atoms with Crippen LogP contribution in [0.25, 0.3) is 0 Å². The molecule has 0 saturated heterocycles. The van der Waals surface area contributed by atoms with E-state index < -0.39 is 5.91 Å². The first kappa shape index (κ1) is 14.5. The molecule has 19 heavy (non-hydrogen) atoms. The third-order valence-electron chi connectivity index (χ3n) is 2.44. The molecule has 0 spiro atoms. The van der Waals surface area contributed by atoms with Crippen LogP contribution in [-0.2, 0) is 11.3 Å². The second kappa shape index (κ2) is 6.97. The first-order valence-corrected chi connectivity index (χ1v) is 5.73. The Bertz CT molecular complexity index is 538. The van der Waals surface area contributed by atoms with Crippen LogP contribution in [0.2, 0.25) is 0 Å². The molecule has 98 valence electrons. The highest BCUT2D eigenvalue weighted by Crippen LogP contribution is 2.07. The number of aliphatic hydroxyl groups is 1. The summed E-state index contributed by atoms with van der Waals surface area (Å²) in [4.78, 5) is 11.9. The molecule has 5 nitrogen and oxygen atoms in total. The quantitative estimate of drug-likeness (QED) is 0.428. The number of rotatable bonds is 5. The van der Waals surface area contributed by atoms with Gasteiger partial charge in [0.25, 0.3) is 5.91 Å². The van der Waals surface area contributed by atoms with E-state index in [1.807, 2.05) is 30.3 Å². The number of carbonyl (C=O) groups excluding carboxylic acids is 1. The number of nitrogens with zero attached hydrogens (tertiary/aromatic N) is 1. The van der Waals surface area contributed by atoms with Crippen LogP contribution < -0.4 is 5.32 Å². The number of benzene rings is 1. The third kappa shape index (κ3) is 4.28. The molecule has 5 heteroatoms. The van der Waals surface area contributed by atoms with Crippen LogP contribution in [0.4, 0.5) is 0 Å². The fourth-order valence-electron chi connectivity index (χ4n) is 1.55. The molecule has 0 atom stereocenters. The Labute approximate surface area is 111 Å². The van der Waals surface area contributed by atoms with Crippen molar-refractivity contribution >= 4 is 11.6 Å². The fourth-order valence-corrected chi connectivity index (χ4v) is 1.55. The van der Waals surface area contributed by atoms with Crippen LogP contribution in [0.5, 0.6) is 0 Å². The predicted molar refractivity (Wildman–Crippen MR) is 71.6 cm³/mol. The van der Waals surface area contributed by atoms with E-state index in [9.17, 15) is 9.90 Å². The Morgan fingerprint density at radius 1 is 1.42 bits per heavy atom. The zero-order valence-electron chi connectivity index (χ0n) is 10.6. The molecular formula is C14H15N3O2. The zero-order chi connectivity index (χ0) is 14.3. The van der Waals surface area contributed by atoms with E-state index in [4.69, 9.17) is 10.7 Å². The first-order valence-electron chi connectivity index (χ1n) is 5.73. The lowest BCUT2D eigenvalue weighted by atomic mass is 10.1. The number of aliphatic hydroxyl groups excluding tert-OH is 1. The summed E-state index contributed by atoms with van der Waals surface area (Å²) < 4.78 is 0. The van der Waals surface area contributed by atoms with E-state index in [2.05, 4.69) is 5.32 Å². The molecule has 3 N–H and O–H groups in total. The topological polar surface area (TPSA) is 97.0 Å². The van der Waals surface area contributed by atoms with Crippen LogP contribution in [0.3, 0.4) is 0 Å². The molecule has 0 aliphatic carbocycles. The molecule has 1 aromatic carbocycles. The Kier molecular flexibility index (Phi) is 5.30. The average Bonchev–Trinajstić information content (AvgIpc) is 2.37. The van der Waals surface area contributed by atoms with Crippen molar-refractivity contribution in [3.63, 3.8) is 0 Å². The molecule has 0 fully saturated rings. The van der Waals surface area contributed by atoms with Crippen LogP contribution in [0.15, 0.2) is 41.7 Å². The van der Waals surface area contributed by atoms with Crippen molar-refractivity contribution in [2.45, 2.75) is 19.9 Å². The molecule has 0 heterocycles. The van der Waals surface area contributed by atoms with Crippen molar-refractivity contribution in [1.82, 2.24) is 5.32 Å². The van der Waals surface area contributed by atoms with Gasteiger partial charge < -0.3 is 15.8 Å². The monoisotopic (exact) mass is 257 g/mol. The molecule has 0 unspecified atom stereocenters. The van der Waals surface area contributed by atoms with Crippen molar-refractivity contribution in [3.05, 3.63) is 47.2 Å². The van der Waals surface area contributed by atoms with Crippen molar-refractivity contribution in [1.29, 1.82) is 10.7 Å². The molecule has 0 bridgehead atoms. The van der Waals surface area contributed by atoms with Gasteiger partial charge in [0.05, 0.1) is 23.8 Å². The largest absolute Gasteiger partial charge is 0.512 e. The molecule has 0 aromatic heterocycles. The standard InChI is InChI=1S/C14H15N3O2/c1-10(18)13(12(16)7-8-15)14(19)17-9-11-5-3-2-4-6-11/h2-6,16,18H,7,9H2,1H3,(H,17,19)/b13-10-,16-12?. The number of amides is 1. The smallest absolute Gasteiger partial charge is 0.256 e. The van der Waals surface area contributed by atoms with Gasteiger partial charge in [0.1, 0.15) is 5.76 Å². The minimum absolute atomic E-state index is 0.141. The number of allylic oxidation sites excluding steroid dienone is 1. The van der Waals surface area contributed by atoms with E-state index in [1.54, 1.807) is 6.07 Å². The van der Waals surface area contributed by atoms with E-state index in [0.29, 0.717) is 6.54 Å². The van der Waals surface area contributed by atoms with Crippen molar-refractivity contribution < 1.29 is 9.90 Å². The van der Waals surface area contributed by atoms with Gasteiger partial charge in [-0.3, -0.25) is 4.79 Å². The van der Waals surface area contributed by atoms with Gasteiger partial charge in [0, 0.05) is 6.54 Å². The molecule has 0 saturated carbocycles. The van der Waals surface area contributed by atoms with Crippen molar-refractivity contribution in [2.75, 3.05) is 0 Å². The van der Waals surface area contributed by atoms with E-state index >= 15 is 0 Å². The Balaban J connectivity index is 2.73. The Morgan fingerprint density at radius 3 is 2.58 bits per heavy atom. The summed E-state index contributed by atoms with van der Waals surface area (Å²) in [5.74, 6) is -0.810. The summed E-state index contributed by atoms with van der Waals surface area (Å²) in [6.07, 6.45) is -0.216. The molecule has 0 aliphatic heterocycles. The van der Waals surface area contributed by atoms with Gasteiger partial charge in [0.15, 0.2) is 0 Å². The van der Waals surface area contributed by atoms with E-state index in [1.165, 1.54) is 6.92 Å². The van der Waals surface area contributed by atoms with Crippen molar-refractivity contribution in [2.24, 2.45) is 0 Å². The first-order chi connectivity index (χ1) is 9.06. The highest BCUT2D eigenvalue weighted by atomic mass is 16.3. The van der Waals surface area contributed by atoms with Gasteiger partial charge >= 0.3 is 0 Å². The lowest BCUT2D eigenvalue weighted by molar-refractivity contribution is -0.117. The minimum Gasteiger partial charge on any atom is -0.512 e. The van der Waals surface area contributed by atoms with Gasteiger partial charge in [-0.15, -0.1) is 0 Å². The van der Waals surface area contributed by atoms with E-state index in [-0.39, 0.29) is 23.5 Å². The molecule has 1 amide bonds. The molecule has 0 aliphatic rings. The Hall–Kier alpha value is -2.61. The number of nitrogens with one attached hydrogen (secondary N) is 2. The summed E-state index contributed by atoms with van der Waals surface area (Å²) in [5.41, 5.74) is 0.586. The maximum absolute atomic E-state index is 11.9. The van der Waals surface area contributed by atoms with Gasteiger partial charge in [-0.2, -0.15) is 5.26 Å². The lowest BCUT2D eigenvalue weighted by Crippen LogP contribution is -2.28. The third-order valence-corrected chi connectivity index (χ3v) is 2.44. The van der Waals surface area contributed by atoms with Gasteiger partial charge in [-0.25, -0.2) is 0 Å². The normalized spacial score (nSPS) is 11.2. The van der Waals surface area contributed by atoms with Gasteiger partial charge in [0.2, 0.25) is 0 Å². The summed E-state index contributed by atoms with van der Waals surface area (Å²) in [7, 11) is 0.